The number of amides is 1. The predicted molar refractivity (Wildman–Crippen MR) is 139 cm³/mol. The van der Waals surface area contributed by atoms with Gasteiger partial charge in [-0.25, -0.2) is 0 Å². The van der Waals surface area contributed by atoms with E-state index in [2.05, 4.69) is 10.6 Å². The van der Waals surface area contributed by atoms with Crippen molar-refractivity contribution in [3.63, 3.8) is 0 Å². The van der Waals surface area contributed by atoms with Gasteiger partial charge >= 0.3 is 0 Å². The fraction of sp³-hybridized carbons (Fsp3) is 0.462. The number of rotatable bonds is 8. The van der Waals surface area contributed by atoms with Gasteiger partial charge in [0.1, 0.15) is 34.4 Å². The number of nitrogens with one attached hydrogen (secondary N) is 2. The lowest BCUT2D eigenvalue weighted by atomic mass is 9.85. The van der Waals surface area contributed by atoms with Gasteiger partial charge in [0.15, 0.2) is 0 Å². The first kappa shape index (κ1) is 25.6. The number of carbonyl (C=O) groups excluding carboxylic acids is 1. The molecule has 2 aliphatic rings. The molecule has 2 N–H and O–H groups in total. The Kier molecular flexibility index (Phi) is 9.39. The van der Waals surface area contributed by atoms with E-state index < -0.39 is 0 Å². The molecule has 0 atom stereocenters. The van der Waals surface area contributed by atoms with Crippen LogP contribution in [0, 0.1) is 11.8 Å². The molecule has 2 aromatic carbocycles. The first-order valence-corrected chi connectivity index (χ1v) is 12.0. The Morgan fingerprint density at radius 3 is 1.41 bits per heavy atom. The molecule has 7 nitrogen and oxygen atoms in total. The number of carbonyl (C=O) groups is 1. The summed E-state index contributed by atoms with van der Waals surface area (Å²) in [7, 11) is 6.44. The minimum atomic E-state index is 0.0547. The summed E-state index contributed by atoms with van der Waals surface area (Å²) in [6.45, 7) is 0. The third-order valence-electron chi connectivity index (χ3n) is 6.30. The van der Waals surface area contributed by atoms with E-state index in [0.717, 1.165) is 41.4 Å². The number of hydrogen-bond acceptors (Lipinski definition) is 6. The maximum Gasteiger partial charge on any atom is 0.227 e. The van der Waals surface area contributed by atoms with Crippen LogP contribution in [-0.4, -0.2) is 39.3 Å². The van der Waals surface area contributed by atoms with Crippen LogP contribution in [0.3, 0.4) is 0 Å². The highest BCUT2D eigenvalue weighted by atomic mass is 32.1. The van der Waals surface area contributed by atoms with Crippen LogP contribution in [0.25, 0.3) is 0 Å². The van der Waals surface area contributed by atoms with Crippen LogP contribution >= 0.6 is 12.2 Å². The second-order valence-electron chi connectivity index (χ2n) is 8.31. The summed E-state index contributed by atoms with van der Waals surface area (Å²) in [5.41, 5.74) is 1.45. The molecule has 2 aliphatic carbocycles. The minimum Gasteiger partial charge on any atom is -0.494 e. The molecular weight excluding hydrogens is 452 g/mol. The number of para-hydroxylation sites is 2. The Balaban J connectivity index is 0.000000191. The third-order valence-corrected chi connectivity index (χ3v) is 6.74. The van der Waals surface area contributed by atoms with Crippen molar-refractivity contribution in [1.82, 2.24) is 0 Å². The van der Waals surface area contributed by atoms with Crippen molar-refractivity contribution in [1.29, 1.82) is 0 Å². The zero-order valence-corrected chi connectivity index (χ0v) is 21.1. The van der Waals surface area contributed by atoms with Gasteiger partial charge in [-0.1, -0.05) is 37.2 Å². The molecule has 0 aliphatic heterocycles. The lowest BCUT2D eigenvalue weighted by Crippen LogP contribution is -2.28. The molecule has 2 aromatic rings. The Bertz CT molecular complexity index is 865. The van der Waals surface area contributed by atoms with E-state index >= 15 is 0 Å². The summed E-state index contributed by atoms with van der Waals surface area (Å²) in [5, 5.41) is 6.16. The van der Waals surface area contributed by atoms with Gasteiger partial charge in [0.2, 0.25) is 5.91 Å². The number of methoxy groups -OCH3 is 4. The van der Waals surface area contributed by atoms with Crippen LogP contribution in [0.4, 0.5) is 11.4 Å². The van der Waals surface area contributed by atoms with Crippen LogP contribution in [0.5, 0.6) is 23.0 Å². The lowest BCUT2D eigenvalue weighted by molar-refractivity contribution is -0.122. The van der Waals surface area contributed by atoms with Crippen molar-refractivity contribution in [3.8, 4) is 23.0 Å². The molecule has 4 rings (SSSR count). The van der Waals surface area contributed by atoms with Crippen molar-refractivity contribution >= 4 is 34.5 Å². The number of benzene rings is 2. The molecule has 2 saturated carbocycles. The first-order valence-electron chi connectivity index (χ1n) is 11.6. The molecule has 0 bridgehead atoms. The zero-order chi connectivity index (χ0) is 24.5. The van der Waals surface area contributed by atoms with Crippen LogP contribution in [0.2, 0.25) is 0 Å². The van der Waals surface area contributed by atoms with Crippen LogP contribution in [0.15, 0.2) is 36.4 Å². The van der Waals surface area contributed by atoms with E-state index in [1.165, 1.54) is 19.3 Å². The summed E-state index contributed by atoms with van der Waals surface area (Å²) in [6.07, 6.45) is 6.73. The average Bonchev–Trinajstić information content (AvgIpc) is 2.77. The van der Waals surface area contributed by atoms with Crippen molar-refractivity contribution in [3.05, 3.63) is 36.4 Å². The van der Waals surface area contributed by atoms with Crippen molar-refractivity contribution in [2.24, 2.45) is 11.8 Å². The second kappa shape index (κ2) is 12.5. The summed E-state index contributed by atoms with van der Waals surface area (Å²) < 4.78 is 21.1. The quantitative estimate of drug-likeness (QED) is 0.465. The summed E-state index contributed by atoms with van der Waals surface area (Å²) in [5.74, 6) is 3.47. The fourth-order valence-electron chi connectivity index (χ4n) is 3.74. The Hall–Kier alpha value is -3.00. The summed E-state index contributed by atoms with van der Waals surface area (Å²) >= 11 is 5.40. The average molecular weight is 487 g/mol. The van der Waals surface area contributed by atoms with E-state index in [1.54, 1.807) is 40.6 Å². The van der Waals surface area contributed by atoms with Crippen LogP contribution in [0.1, 0.15) is 38.5 Å². The molecule has 0 heterocycles. The molecule has 0 aromatic heterocycles. The normalized spacial score (nSPS) is 14.9. The molecule has 8 heteroatoms. The van der Waals surface area contributed by atoms with E-state index in [0.29, 0.717) is 23.1 Å². The Labute approximate surface area is 207 Å². The van der Waals surface area contributed by atoms with Gasteiger partial charge < -0.3 is 29.6 Å². The second-order valence-corrected chi connectivity index (χ2v) is 8.75. The molecule has 1 amide bonds. The molecule has 184 valence electrons. The smallest absolute Gasteiger partial charge is 0.227 e. The summed E-state index contributed by atoms with van der Waals surface area (Å²) in [6, 6.07) is 11.1. The van der Waals surface area contributed by atoms with Gasteiger partial charge in [0.05, 0.1) is 33.4 Å². The molecule has 0 spiro atoms. The maximum absolute atomic E-state index is 11.9. The number of thiocarbonyl (C=S) groups is 1. The Morgan fingerprint density at radius 1 is 0.706 bits per heavy atom. The molecule has 0 radical (unpaired) electrons. The Morgan fingerprint density at radius 2 is 1.09 bits per heavy atom. The van der Waals surface area contributed by atoms with Gasteiger partial charge in [-0.05, 0) is 49.9 Å². The maximum atomic E-state index is 11.9. The molecule has 0 saturated heterocycles. The predicted octanol–water partition coefficient (Wildman–Crippen LogP) is 5.69. The van der Waals surface area contributed by atoms with Gasteiger partial charge in [-0.2, -0.15) is 0 Å². The van der Waals surface area contributed by atoms with E-state index in [4.69, 9.17) is 31.2 Å². The SMILES string of the molecule is COc1cccc(OC)c1NC(=O)C1CCC1.COc1cccc(OC)c1NC(=S)C1CCC1. The molecular formula is C26H34N2O5S. The highest BCUT2D eigenvalue weighted by Gasteiger charge is 2.27. The fourth-order valence-corrected chi connectivity index (χ4v) is 4.08. The standard InChI is InChI=1S/C13H17NO3.C13H17NO2S/c1-16-10-7-4-8-11(17-2)12(10)14-13(15)9-5-3-6-9;1-15-10-7-4-8-11(16-2)12(10)14-13(17)9-5-3-6-9/h4,7-9H,3,5-6H2,1-2H3,(H,14,15);4,7-9H,3,5-6H2,1-2H3,(H,14,17). The lowest BCUT2D eigenvalue weighted by Gasteiger charge is -2.27. The van der Waals surface area contributed by atoms with Gasteiger partial charge in [0, 0.05) is 11.8 Å². The van der Waals surface area contributed by atoms with Crippen LogP contribution in [-0.2, 0) is 4.79 Å². The minimum absolute atomic E-state index is 0.0547. The van der Waals surface area contributed by atoms with Crippen molar-refractivity contribution < 1.29 is 23.7 Å². The summed E-state index contributed by atoms with van der Waals surface area (Å²) in [4.78, 5) is 12.8. The topological polar surface area (TPSA) is 78.1 Å². The molecule has 0 unspecified atom stereocenters. The number of ether oxygens (including phenoxy) is 4. The van der Waals surface area contributed by atoms with E-state index in [1.807, 2.05) is 24.3 Å². The highest BCUT2D eigenvalue weighted by Crippen LogP contribution is 2.37. The third kappa shape index (κ3) is 6.11. The van der Waals surface area contributed by atoms with Gasteiger partial charge in [0.25, 0.3) is 0 Å². The first-order chi connectivity index (χ1) is 16.5. The van der Waals surface area contributed by atoms with E-state index in [9.17, 15) is 4.79 Å². The number of hydrogen-bond donors (Lipinski definition) is 2. The van der Waals surface area contributed by atoms with Gasteiger partial charge in [-0.3, -0.25) is 4.79 Å². The van der Waals surface area contributed by atoms with Crippen molar-refractivity contribution in [2.45, 2.75) is 38.5 Å². The largest absolute Gasteiger partial charge is 0.494 e. The zero-order valence-electron chi connectivity index (χ0n) is 20.3. The van der Waals surface area contributed by atoms with Gasteiger partial charge in [-0.15, -0.1) is 0 Å². The monoisotopic (exact) mass is 486 g/mol. The molecule has 34 heavy (non-hydrogen) atoms. The van der Waals surface area contributed by atoms with Crippen LogP contribution < -0.4 is 29.6 Å². The molecule has 2 fully saturated rings. The van der Waals surface area contributed by atoms with Crippen molar-refractivity contribution in [2.75, 3.05) is 39.1 Å². The number of anilines is 2. The highest BCUT2D eigenvalue weighted by molar-refractivity contribution is 7.80. The van der Waals surface area contributed by atoms with E-state index in [-0.39, 0.29) is 11.8 Å².